The number of benzene rings is 2. The number of rotatable bonds is 26. The van der Waals surface area contributed by atoms with Crippen LogP contribution >= 0.6 is 7.82 Å². The largest absolute Gasteiger partial charge is 0.472 e. The lowest BCUT2D eigenvalue weighted by atomic mass is 9.55. The number of imidazole rings is 1. The number of phosphoric ester groups is 1. The minimum absolute atomic E-state index is 0.0143. The molecule has 0 aliphatic carbocycles. The number of phosphoric acid groups is 1. The molecule has 2 fully saturated rings. The van der Waals surface area contributed by atoms with Crippen molar-refractivity contribution in [2.45, 2.75) is 175 Å². The van der Waals surface area contributed by atoms with Crippen molar-refractivity contribution in [3.8, 4) is 0 Å². The number of aliphatic hydroxyl groups is 2. The fraction of sp³-hybridized carbons (Fsp3) is 0.578. The Morgan fingerprint density at radius 1 is 0.804 bits per heavy atom. The first-order chi connectivity index (χ1) is 43.0. The number of primary amides is 6. The summed E-state index contributed by atoms with van der Waals surface area (Å²) in [4.78, 5) is 126. The van der Waals surface area contributed by atoms with E-state index in [9.17, 15) is 53.2 Å². The van der Waals surface area contributed by atoms with Gasteiger partial charge in [-0.15, -0.1) is 0 Å². The summed E-state index contributed by atoms with van der Waals surface area (Å²) in [6.45, 7) is 15.4. The van der Waals surface area contributed by atoms with Crippen molar-refractivity contribution in [3.63, 3.8) is 0 Å². The van der Waals surface area contributed by atoms with Crippen LogP contribution in [-0.2, 0) is 51.9 Å². The molecule has 498 valence electrons. The molecule has 92 heavy (non-hydrogen) atoms. The van der Waals surface area contributed by atoms with Gasteiger partial charge in [0.25, 0.3) is 0 Å². The fourth-order valence-electron chi connectivity index (χ4n) is 15.9. The normalized spacial score (nSPS) is 32.4. The molecule has 7 amide bonds. The number of hydrogen-bond donors (Lipinski definition) is 11. The van der Waals surface area contributed by atoms with Crippen molar-refractivity contribution in [1.82, 2.24) is 20.2 Å². The number of aromatic nitrogens is 2. The van der Waals surface area contributed by atoms with Crippen LogP contribution in [0.4, 0.5) is 0 Å². The van der Waals surface area contributed by atoms with Gasteiger partial charge in [-0.2, -0.15) is 0 Å². The number of carbonyl (C=O) groups excluding carboxylic acids is 7. The molecule has 15 unspecified atom stereocenters. The summed E-state index contributed by atoms with van der Waals surface area (Å²) in [5.41, 5.74) is 35.4. The first-order valence-corrected chi connectivity index (χ1v) is 32.6. The lowest BCUT2D eigenvalue weighted by Gasteiger charge is -2.48. The number of ether oxygens (including phenoxy) is 1. The molecule has 15 atom stereocenters. The van der Waals surface area contributed by atoms with Gasteiger partial charge in [-0.25, -0.2) is 9.55 Å². The molecule has 17 N–H and O–H groups in total. The highest BCUT2D eigenvalue weighted by atomic mass is 31.2. The minimum Gasteiger partial charge on any atom is -0.394 e. The van der Waals surface area contributed by atoms with Crippen molar-refractivity contribution >= 4 is 88.1 Å². The summed E-state index contributed by atoms with van der Waals surface area (Å²) >= 11 is 0. The summed E-state index contributed by atoms with van der Waals surface area (Å²) < 4.78 is 32.4. The predicted molar refractivity (Wildman–Crippen MR) is 342 cm³/mol. The molecule has 6 aliphatic heterocycles. The van der Waals surface area contributed by atoms with E-state index in [-0.39, 0.29) is 77.2 Å². The first kappa shape index (κ1) is 68.8. The van der Waals surface area contributed by atoms with Crippen LogP contribution in [0, 0.1) is 45.3 Å². The third-order valence-corrected chi connectivity index (χ3v) is 22.0. The molecular weight excluding hydrogens is 1210 g/mol. The number of nitrogens with zero attached hydrogens (tertiary/aromatic N) is 5. The van der Waals surface area contributed by atoms with Crippen LogP contribution in [0.2, 0.25) is 0 Å². The highest BCUT2D eigenvalue weighted by molar-refractivity contribution is 7.47. The van der Waals surface area contributed by atoms with E-state index in [1.807, 2.05) is 97.9 Å². The van der Waals surface area contributed by atoms with Gasteiger partial charge in [0.2, 0.25) is 41.4 Å². The number of fused-ring (bicyclic) bond motifs is 8. The zero-order valence-corrected chi connectivity index (χ0v) is 54.5. The van der Waals surface area contributed by atoms with Gasteiger partial charge in [-0.1, -0.05) is 58.9 Å². The van der Waals surface area contributed by atoms with Gasteiger partial charge < -0.3 is 69.4 Å². The lowest BCUT2D eigenvalue weighted by molar-refractivity contribution is -0.124. The summed E-state index contributed by atoms with van der Waals surface area (Å²) in [5.74, 6) is -7.20. The molecule has 8 bridgehead atoms. The molecule has 9 rings (SSSR count). The summed E-state index contributed by atoms with van der Waals surface area (Å²) in [5, 5.41) is 30.2. The quantitative estimate of drug-likeness (QED) is 0.0511. The molecule has 0 saturated carbocycles. The molecule has 6 aliphatic rings. The van der Waals surface area contributed by atoms with Crippen molar-refractivity contribution in [3.05, 3.63) is 77.0 Å². The monoisotopic (exact) mass is 1290 g/mol. The van der Waals surface area contributed by atoms with Crippen LogP contribution in [-0.4, -0.2) is 132 Å². The van der Waals surface area contributed by atoms with Gasteiger partial charge in [-0.3, -0.25) is 57.6 Å². The second-order valence-electron chi connectivity index (χ2n) is 27.3. The third-order valence-electron chi connectivity index (χ3n) is 20.8. The van der Waals surface area contributed by atoms with E-state index in [1.54, 1.807) is 4.57 Å². The van der Waals surface area contributed by atoms with Crippen LogP contribution in [0.3, 0.4) is 0 Å². The molecule has 0 radical (unpaired) electrons. The smallest absolute Gasteiger partial charge is 0.394 e. The van der Waals surface area contributed by atoms with E-state index in [1.165, 1.54) is 13.3 Å². The Morgan fingerprint density at radius 2 is 1.41 bits per heavy atom. The molecule has 7 heterocycles. The number of aliphatic imine (C=N–C) groups is 3. The van der Waals surface area contributed by atoms with E-state index in [0.29, 0.717) is 56.4 Å². The van der Waals surface area contributed by atoms with E-state index >= 15 is 0 Å². The van der Waals surface area contributed by atoms with Gasteiger partial charge in [0.05, 0.1) is 41.7 Å². The van der Waals surface area contributed by atoms with Crippen molar-refractivity contribution in [2.24, 2.45) is 94.7 Å². The highest BCUT2D eigenvalue weighted by Gasteiger charge is 2.66. The highest BCUT2D eigenvalue weighted by Crippen LogP contribution is 2.63. The molecule has 27 nitrogen and oxygen atoms in total. The maximum atomic E-state index is 14.4. The topological polar surface area (TPSA) is 460 Å². The molecule has 28 heteroatoms. The second kappa shape index (κ2) is 25.8. The maximum Gasteiger partial charge on any atom is 0.472 e. The van der Waals surface area contributed by atoms with Gasteiger partial charge >= 0.3 is 7.82 Å². The predicted octanol–water partition coefficient (Wildman–Crippen LogP) is 3.70. The Morgan fingerprint density at radius 3 is 2.01 bits per heavy atom. The Kier molecular flexibility index (Phi) is 19.3. The number of nitrogens with one attached hydrogen (secondary N) is 2. The summed E-state index contributed by atoms with van der Waals surface area (Å²) in [6, 6.07) is 10.3. The Balaban J connectivity index is 1.08. The molecular formula is C64H88N13O14P. The second-order valence-corrected chi connectivity index (χ2v) is 28.7. The fourth-order valence-corrected chi connectivity index (χ4v) is 17.0. The van der Waals surface area contributed by atoms with Crippen molar-refractivity contribution < 1.29 is 67.0 Å². The maximum absolute atomic E-state index is 14.4. The standard InChI is InChI=1S/C64H88N13O14P/c1-31(90-92(87,88)91-55-43(29-78)89-59(54(55)86)77-30-72-41-22-34-12-10-11-13-35(34)23-42(41)77)28-71-51(85)20-21-61(6)39(24-48(68)82)58-64(9)63(8,27-50(70)84)38(16-19-47(67)81)53(76-64)33(3)57-62(7,26-49(69)83)36(14-17-45(65)79)40(73-57)25-44-60(4,5)37(15-18-46(66)80)52(74-44)32(2)56(61)75-58/h10-13,22-23,25,30-31,36-39,43,54-55,58-59,73,78,86H,14-21,24,26-29H2,1-9H3,(H2,65,79)(H2,66,80)(H2,67,81)(H2,68,82)(H2,69,83)(H2,70,84)(H,71,85)(H,87,88)/b40-25?,52-32?,57-33-. The summed E-state index contributed by atoms with van der Waals surface area (Å²) in [6.07, 6.45) is -4.36. The molecule has 1 aromatic heterocycles. The van der Waals surface area contributed by atoms with E-state index in [0.717, 1.165) is 10.8 Å². The number of carbonyl (C=O) groups is 7. The molecule has 3 aromatic rings. The summed E-state index contributed by atoms with van der Waals surface area (Å²) in [7, 11) is -5.09. The average Bonchev–Trinajstić information content (AvgIpc) is 1.53. The number of nitrogens with two attached hydrogens (primary N) is 6. The number of aliphatic hydroxyl groups excluding tert-OH is 2. The van der Waals surface area contributed by atoms with Gasteiger partial charge in [0.1, 0.15) is 18.3 Å². The minimum atomic E-state index is -5.09. The zero-order valence-electron chi connectivity index (χ0n) is 53.6. The van der Waals surface area contributed by atoms with Crippen LogP contribution < -0.4 is 45.0 Å². The lowest BCUT2D eigenvalue weighted by Crippen LogP contribution is -2.56. The van der Waals surface area contributed by atoms with E-state index < -0.39 is 143 Å². The number of hydrogen-bond acceptors (Lipinski definition) is 18. The van der Waals surface area contributed by atoms with E-state index in [2.05, 4.69) is 15.6 Å². The SMILES string of the molecule is CC1=C2N=C(C=C3N/C(=C(/C)C4=NC(C)(C5N=C1C(C)(CCC(=O)NCC(C)OP(=O)(O)OC1C(CO)OC(n6cnc7cc8ccccc8cc76)C1O)C5CC(N)=O)C(C)(CC(N)=O)C4CCC(N)=O)C(C)(CC(N)=O)C3CCC(N)=O)C(C)(C)C2CCC(N)=O. The Bertz CT molecular complexity index is 3780. The van der Waals surface area contributed by atoms with Gasteiger partial charge in [0.15, 0.2) is 6.23 Å². The van der Waals surface area contributed by atoms with Crippen LogP contribution in [0.5, 0.6) is 0 Å². The van der Waals surface area contributed by atoms with E-state index in [4.69, 9.17) is 63.2 Å². The molecule has 0 spiro atoms. The van der Waals surface area contributed by atoms with Crippen molar-refractivity contribution in [2.75, 3.05) is 13.2 Å². The molecule has 2 saturated heterocycles. The van der Waals surface area contributed by atoms with Crippen LogP contribution in [0.15, 0.2) is 92.0 Å². The number of allylic oxidation sites excluding steroid dienone is 6. The Labute approximate surface area is 533 Å². The van der Waals surface area contributed by atoms with Gasteiger partial charge in [0, 0.05) is 131 Å². The van der Waals surface area contributed by atoms with Crippen LogP contribution in [0.25, 0.3) is 21.8 Å². The zero-order chi connectivity index (χ0) is 67.5. The van der Waals surface area contributed by atoms with Gasteiger partial charge in [-0.05, 0) is 93.5 Å². The average molecular weight is 1290 g/mol. The molecule has 2 aromatic carbocycles. The number of amides is 7. The van der Waals surface area contributed by atoms with Crippen LogP contribution in [0.1, 0.15) is 139 Å². The first-order valence-electron chi connectivity index (χ1n) is 31.1. The van der Waals surface area contributed by atoms with Crippen molar-refractivity contribution in [1.29, 1.82) is 0 Å². The third kappa shape index (κ3) is 12.8. The Hall–Kier alpha value is -7.52.